The Morgan fingerprint density at radius 3 is 2.76 bits per heavy atom. The van der Waals surface area contributed by atoms with Gasteiger partial charge in [0.05, 0.1) is 0 Å². The Hall–Kier alpha value is -0.760. The van der Waals surface area contributed by atoms with Crippen LogP contribution in [0.4, 0.5) is 0 Å². The van der Waals surface area contributed by atoms with Crippen LogP contribution >= 0.6 is 0 Å². The zero-order valence-electron chi connectivity index (χ0n) is 11.3. The Morgan fingerprint density at radius 1 is 1.29 bits per heavy atom. The van der Waals surface area contributed by atoms with Crippen LogP contribution in [0.5, 0.6) is 0 Å². The van der Waals surface area contributed by atoms with Crippen molar-refractivity contribution in [2.45, 2.75) is 65.1 Å². The van der Waals surface area contributed by atoms with Gasteiger partial charge in [-0.25, -0.2) is 0 Å². The molecule has 0 atom stereocenters. The first-order valence-electron chi connectivity index (χ1n) is 7.16. The molecular formula is C15H26N2. The highest BCUT2D eigenvalue weighted by molar-refractivity contribution is 5.10. The summed E-state index contributed by atoms with van der Waals surface area (Å²) in [6.45, 7) is 6.78. The lowest BCUT2D eigenvalue weighted by molar-refractivity contribution is 0.306. The van der Waals surface area contributed by atoms with E-state index in [1.54, 1.807) is 0 Å². The van der Waals surface area contributed by atoms with E-state index in [-0.39, 0.29) is 0 Å². The van der Waals surface area contributed by atoms with Gasteiger partial charge in [-0.1, -0.05) is 13.8 Å². The molecule has 2 nitrogen and oxygen atoms in total. The van der Waals surface area contributed by atoms with Crippen LogP contribution in [0.1, 0.15) is 51.5 Å². The summed E-state index contributed by atoms with van der Waals surface area (Å²) in [4.78, 5) is 0. The largest absolute Gasteiger partial charge is 0.354 e. The SMILES string of the molecule is CCCn1ccc(CNC2CCC(C)CC2)c1. The fourth-order valence-electron chi connectivity index (χ4n) is 2.72. The molecule has 0 aromatic carbocycles. The van der Waals surface area contributed by atoms with E-state index < -0.39 is 0 Å². The van der Waals surface area contributed by atoms with Crippen molar-refractivity contribution in [2.75, 3.05) is 0 Å². The lowest BCUT2D eigenvalue weighted by atomic mass is 9.87. The molecule has 2 rings (SSSR count). The smallest absolute Gasteiger partial charge is 0.0223 e. The average Bonchev–Trinajstić information content (AvgIpc) is 2.77. The minimum absolute atomic E-state index is 0.751. The molecule has 2 heteroatoms. The summed E-state index contributed by atoms with van der Waals surface area (Å²) < 4.78 is 2.29. The van der Waals surface area contributed by atoms with E-state index in [0.29, 0.717) is 0 Å². The van der Waals surface area contributed by atoms with Crippen LogP contribution in [0.3, 0.4) is 0 Å². The van der Waals surface area contributed by atoms with Gasteiger partial charge in [0, 0.05) is 31.5 Å². The summed E-state index contributed by atoms with van der Waals surface area (Å²) in [6, 6.07) is 2.99. The van der Waals surface area contributed by atoms with E-state index >= 15 is 0 Å². The number of nitrogens with one attached hydrogen (secondary N) is 1. The van der Waals surface area contributed by atoms with Gasteiger partial charge >= 0.3 is 0 Å². The lowest BCUT2D eigenvalue weighted by Gasteiger charge is -2.26. The van der Waals surface area contributed by atoms with Crippen LogP contribution in [-0.2, 0) is 13.1 Å². The van der Waals surface area contributed by atoms with Crippen LogP contribution in [0, 0.1) is 5.92 Å². The number of aromatic nitrogens is 1. The number of rotatable bonds is 5. The number of aryl methyl sites for hydroxylation is 1. The maximum absolute atomic E-state index is 3.70. The summed E-state index contributed by atoms with van der Waals surface area (Å²) >= 11 is 0. The van der Waals surface area contributed by atoms with Crippen LogP contribution in [0.2, 0.25) is 0 Å². The van der Waals surface area contributed by atoms with Gasteiger partial charge in [-0.15, -0.1) is 0 Å². The molecule has 96 valence electrons. The van der Waals surface area contributed by atoms with E-state index in [1.165, 1.54) is 37.7 Å². The quantitative estimate of drug-likeness (QED) is 0.824. The molecule has 0 amide bonds. The molecule has 1 aliphatic carbocycles. The predicted octanol–water partition coefficient (Wildman–Crippen LogP) is 3.57. The summed E-state index contributed by atoms with van der Waals surface area (Å²) in [7, 11) is 0. The van der Waals surface area contributed by atoms with E-state index in [1.807, 2.05) is 0 Å². The third-order valence-electron chi connectivity index (χ3n) is 3.90. The Morgan fingerprint density at radius 2 is 2.06 bits per heavy atom. The lowest BCUT2D eigenvalue weighted by Crippen LogP contribution is -2.32. The van der Waals surface area contributed by atoms with Crippen molar-refractivity contribution < 1.29 is 0 Å². The van der Waals surface area contributed by atoms with Crippen LogP contribution in [-0.4, -0.2) is 10.6 Å². The molecule has 0 saturated heterocycles. The topological polar surface area (TPSA) is 17.0 Å². The van der Waals surface area contributed by atoms with Crippen LogP contribution in [0.15, 0.2) is 18.5 Å². The molecule has 1 fully saturated rings. The normalized spacial score (nSPS) is 25.1. The molecule has 0 radical (unpaired) electrons. The van der Waals surface area contributed by atoms with E-state index in [2.05, 4.69) is 42.2 Å². The fourth-order valence-corrected chi connectivity index (χ4v) is 2.72. The molecule has 1 aromatic rings. The Kier molecular flexibility index (Phi) is 4.66. The van der Waals surface area contributed by atoms with Gasteiger partial charge in [-0.2, -0.15) is 0 Å². The van der Waals surface area contributed by atoms with Crippen molar-refractivity contribution in [3.8, 4) is 0 Å². The van der Waals surface area contributed by atoms with Gasteiger partial charge < -0.3 is 9.88 Å². The molecule has 1 N–H and O–H groups in total. The minimum atomic E-state index is 0.751. The van der Waals surface area contributed by atoms with Crippen LogP contribution < -0.4 is 5.32 Å². The summed E-state index contributed by atoms with van der Waals surface area (Å²) in [5.41, 5.74) is 1.43. The van der Waals surface area contributed by atoms with Gasteiger partial charge in [0.15, 0.2) is 0 Å². The fraction of sp³-hybridized carbons (Fsp3) is 0.733. The highest BCUT2D eigenvalue weighted by atomic mass is 15.0. The first-order chi connectivity index (χ1) is 8.28. The van der Waals surface area contributed by atoms with Crippen molar-refractivity contribution in [3.63, 3.8) is 0 Å². The average molecular weight is 234 g/mol. The molecule has 0 unspecified atom stereocenters. The zero-order chi connectivity index (χ0) is 12.1. The minimum Gasteiger partial charge on any atom is -0.354 e. The third kappa shape index (κ3) is 3.88. The van der Waals surface area contributed by atoms with Gasteiger partial charge in [0.25, 0.3) is 0 Å². The van der Waals surface area contributed by atoms with Crippen molar-refractivity contribution in [2.24, 2.45) is 5.92 Å². The van der Waals surface area contributed by atoms with Crippen molar-refractivity contribution in [1.82, 2.24) is 9.88 Å². The summed E-state index contributed by atoms with van der Waals surface area (Å²) in [5.74, 6) is 0.943. The molecule has 1 aliphatic rings. The van der Waals surface area contributed by atoms with E-state index in [4.69, 9.17) is 0 Å². The van der Waals surface area contributed by atoms with Gasteiger partial charge in [0.2, 0.25) is 0 Å². The summed E-state index contributed by atoms with van der Waals surface area (Å²) in [6.07, 6.45) is 11.2. The molecule has 1 aromatic heterocycles. The second kappa shape index (κ2) is 6.25. The van der Waals surface area contributed by atoms with E-state index in [9.17, 15) is 0 Å². The predicted molar refractivity (Wildman–Crippen MR) is 73.0 cm³/mol. The molecule has 1 heterocycles. The first kappa shape index (κ1) is 12.7. The zero-order valence-corrected chi connectivity index (χ0v) is 11.3. The van der Waals surface area contributed by atoms with Gasteiger partial charge in [-0.05, 0) is 49.7 Å². The monoisotopic (exact) mass is 234 g/mol. The van der Waals surface area contributed by atoms with Gasteiger partial charge in [-0.3, -0.25) is 0 Å². The Balaban J connectivity index is 1.73. The summed E-state index contributed by atoms with van der Waals surface area (Å²) in [5, 5.41) is 3.70. The highest BCUT2D eigenvalue weighted by Crippen LogP contribution is 2.23. The molecule has 0 bridgehead atoms. The number of hydrogen-bond acceptors (Lipinski definition) is 1. The first-order valence-corrected chi connectivity index (χ1v) is 7.16. The molecular weight excluding hydrogens is 208 g/mol. The molecule has 1 saturated carbocycles. The number of nitrogens with zero attached hydrogens (tertiary/aromatic N) is 1. The standard InChI is InChI=1S/C15H26N2/c1-3-9-17-10-8-14(12-17)11-16-15-6-4-13(2)5-7-15/h8,10,12-13,15-16H,3-7,9,11H2,1-2H3. The Labute approximate surface area is 105 Å². The highest BCUT2D eigenvalue weighted by Gasteiger charge is 2.17. The van der Waals surface area contributed by atoms with Crippen molar-refractivity contribution in [3.05, 3.63) is 24.0 Å². The maximum atomic E-state index is 3.70. The third-order valence-corrected chi connectivity index (χ3v) is 3.90. The molecule has 0 aliphatic heterocycles. The van der Waals surface area contributed by atoms with Crippen molar-refractivity contribution >= 4 is 0 Å². The van der Waals surface area contributed by atoms with E-state index in [0.717, 1.165) is 25.0 Å². The van der Waals surface area contributed by atoms with Crippen LogP contribution in [0.25, 0.3) is 0 Å². The Bertz CT molecular complexity index is 321. The second-order valence-electron chi connectivity index (χ2n) is 5.60. The van der Waals surface area contributed by atoms with Crippen molar-refractivity contribution in [1.29, 1.82) is 0 Å². The molecule has 0 spiro atoms. The number of hydrogen-bond donors (Lipinski definition) is 1. The second-order valence-corrected chi connectivity index (χ2v) is 5.60. The molecule has 17 heavy (non-hydrogen) atoms. The van der Waals surface area contributed by atoms with Gasteiger partial charge in [0.1, 0.15) is 0 Å². The maximum Gasteiger partial charge on any atom is 0.0223 e.